The molecule has 0 aromatic heterocycles. The van der Waals surface area contributed by atoms with Gasteiger partial charge >= 0.3 is 11.9 Å². The van der Waals surface area contributed by atoms with Crippen molar-refractivity contribution in [3.63, 3.8) is 0 Å². The number of ether oxygens (including phenoxy) is 2. The van der Waals surface area contributed by atoms with Crippen LogP contribution in [0.3, 0.4) is 0 Å². The maximum Gasteiger partial charge on any atom is 0.335 e. The Kier molecular flexibility index (Phi) is 5.75. The fourth-order valence-electron chi connectivity index (χ4n) is 6.09. The van der Waals surface area contributed by atoms with E-state index in [9.17, 15) is 14.7 Å². The van der Waals surface area contributed by atoms with Crippen LogP contribution in [0.2, 0.25) is 5.02 Å². The van der Waals surface area contributed by atoms with Gasteiger partial charge in [0, 0.05) is 23.5 Å². The van der Waals surface area contributed by atoms with Crippen molar-refractivity contribution in [2.45, 2.75) is 44.4 Å². The van der Waals surface area contributed by atoms with Crippen molar-refractivity contribution in [1.82, 2.24) is 0 Å². The van der Waals surface area contributed by atoms with E-state index in [0.717, 1.165) is 42.8 Å². The summed E-state index contributed by atoms with van der Waals surface area (Å²) in [5.41, 5.74) is 2.73. The number of aromatic carboxylic acids is 1. The van der Waals surface area contributed by atoms with Crippen LogP contribution in [0.4, 0.5) is 5.69 Å². The summed E-state index contributed by atoms with van der Waals surface area (Å²) in [6.07, 6.45) is 4.71. The maximum atomic E-state index is 12.6. The minimum atomic E-state index is -0.970. The molecule has 180 valence electrons. The molecule has 6 nitrogen and oxygen atoms in total. The van der Waals surface area contributed by atoms with Gasteiger partial charge < -0.3 is 19.5 Å². The molecule has 2 aromatic rings. The highest BCUT2D eigenvalue weighted by molar-refractivity contribution is 6.30. The number of carbonyl (C=O) groups is 2. The Morgan fingerprint density at radius 1 is 1.24 bits per heavy atom. The van der Waals surface area contributed by atoms with Gasteiger partial charge in [0.1, 0.15) is 5.75 Å². The van der Waals surface area contributed by atoms with E-state index in [1.807, 2.05) is 13.0 Å². The predicted molar refractivity (Wildman–Crippen MR) is 130 cm³/mol. The average molecular weight is 484 g/mol. The average Bonchev–Trinajstić information content (AvgIpc) is 2.97. The molecule has 3 aliphatic rings. The summed E-state index contributed by atoms with van der Waals surface area (Å²) in [5.74, 6) is -0.351. The van der Waals surface area contributed by atoms with Crippen LogP contribution in [0.25, 0.3) is 0 Å². The molecule has 0 amide bonds. The van der Waals surface area contributed by atoms with Crippen LogP contribution >= 0.6 is 11.6 Å². The van der Waals surface area contributed by atoms with Gasteiger partial charge in [0.25, 0.3) is 0 Å². The Labute approximate surface area is 204 Å². The van der Waals surface area contributed by atoms with Crippen LogP contribution in [-0.4, -0.2) is 43.9 Å². The molecule has 5 rings (SSSR count). The van der Waals surface area contributed by atoms with Gasteiger partial charge in [-0.1, -0.05) is 17.7 Å². The Hall–Kier alpha value is -2.73. The van der Waals surface area contributed by atoms with Gasteiger partial charge in [-0.2, -0.15) is 0 Å². The van der Waals surface area contributed by atoms with Crippen molar-refractivity contribution in [2.24, 2.45) is 11.3 Å². The lowest BCUT2D eigenvalue weighted by molar-refractivity contribution is -0.162. The zero-order valence-electron chi connectivity index (χ0n) is 19.6. The van der Waals surface area contributed by atoms with Crippen molar-refractivity contribution < 1.29 is 24.2 Å². The van der Waals surface area contributed by atoms with Crippen molar-refractivity contribution >= 4 is 29.2 Å². The number of nitrogens with zero attached hydrogens (tertiary/aromatic N) is 1. The van der Waals surface area contributed by atoms with Crippen LogP contribution < -0.4 is 9.64 Å². The van der Waals surface area contributed by atoms with Crippen LogP contribution in [0, 0.1) is 11.3 Å². The predicted octanol–water partition coefficient (Wildman–Crippen LogP) is 5.10. The molecule has 1 saturated carbocycles. The molecule has 1 heterocycles. The number of hydrogen-bond donors (Lipinski definition) is 1. The highest BCUT2D eigenvalue weighted by Gasteiger charge is 2.51. The van der Waals surface area contributed by atoms with E-state index < -0.39 is 11.4 Å². The van der Waals surface area contributed by atoms with Crippen LogP contribution in [0.15, 0.2) is 36.4 Å². The first-order chi connectivity index (χ1) is 16.3. The van der Waals surface area contributed by atoms with Gasteiger partial charge in [-0.15, -0.1) is 0 Å². The van der Waals surface area contributed by atoms with Crippen molar-refractivity contribution in [3.05, 3.63) is 58.1 Å². The number of benzene rings is 2. The SMILES string of the molecule is COC(=O)[C@@]1(C)CC[C@@H]1CN1CC2(CCCc3cc(Cl)ccc32)COc2ccc(C(=O)O)cc21. The Morgan fingerprint density at radius 3 is 2.76 bits per heavy atom. The van der Waals surface area contributed by atoms with Gasteiger partial charge in [-0.05, 0) is 86.4 Å². The van der Waals surface area contributed by atoms with Gasteiger partial charge in [-0.3, -0.25) is 4.79 Å². The van der Waals surface area contributed by atoms with Gasteiger partial charge in [0.2, 0.25) is 0 Å². The fraction of sp³-hybridized carbons (Fsp3) is 0.481. The number of aryl methyl sites for hydroxylation is 1. The van der Waals surface area contributed by atoms with E-state index in [0.29, 0.717) is 25.4 Å². The second kappa shape index (κ2) is 8.49. The third-order valence-electron chi connectivity index (χ3n) is 8.29. The lowest BCUT2D eigenvalue weighted by atomic mass is 9.61. The number of anilines is 1. The number of esters is 1. The second-order valence-electron chi connectivity index (χ2n) is 10.2. The second-order valence-corrected chi connectivity index (χ2v) is 10.7. The molecule has 0 bridgehead atoms. The molecular formula is C27H30ClNO5. The lowest BCUT2D eigenvalue weighted by Gasteiger charge is -2.48. The third-order valence-corrected chi connectivity index (χ3v) is 8.52. The molecule has 1 spiro atoms. The molecule has 1 aliphatic heterocycles. The summed E-state index contributed by atoms with van der Waals surface area (Å²) in [4.78, 5) is 26.6. The monoisotopic (exact) mass is 483 g/mol. The van der Waals surface area contributed by atoms with Gasteiger partial charge in [0.05, 0.1) is 30.4 Å². The molecule has 34 heavy (non-hydrogen) atoms. The Morgan fingerprint density at radius 2 is 2.06 bits per heavy atom. The number of carbonyl (C=O) groups excluding carboxylic acids is 1. The number of methoxy groups -OCH3 is 1. The number of carboxylic acids is 1. The quantitative estimate of drug-likeness (QED) is 0.610. The fourth-order valence-corrected chi connectivity index (χ4v) is 6.28. The summed E-state index contributed by atoms with van der Waals surface area (Å²) in [6, 6.07) is 11.2. The molecule has 2 aliphatic carbocycles. The molecule has 0 radical (unpaired) electrons. The molecule has 2 aromatic carbocycles. The summed E-state index contributed by atoms with van der Waals surface area (Å²) >= 11 is 6.31. The molecule has 7 heteroatoms. The van der Waals surface area contributed by atoms with E-state index in [-0.39, 0.29) is 22.9 Å². The topological polar surface area (TPSA) is 76.1 Å². The Bertz CT molecular complexity index is 1150. The number of hydrogen-bond acceptors (Lipinski definition) is 5. The maximum absolute atomic E-state index is 12.6. The molecular weight excluding hydrogens is 454 g/mol. The zero-order valence-corrected chi connectivity index (χ0v) is 20.4. The third kappa shape index (κ3) is 3.72. The highest BCUT2D eigenvalue weighted by Crippen LogP contribution is 2.50. The highest BCUT2D eigenvalue weighted by atomic mass is 35.5. The van der Waals surface area contributed by atoms with E-state index >= 15 is 0 Å². The van der Waals surface area contributed by atoms with Gasteiger partial charge in [-0.25, -0.2) is 4.79 Å². The standard InChI is InChI=1S/C27H30ClNO5/c1-26(25(32)33-2)11-9-19(26)14-29-15-27(10-3-4-17-12-20(28)6-7-21(17)27)16-34-23-8-5-18(24(30)31)13-22(23)29/h5-8,12-13,19H,3-4,9-11,14-16H2,1-2H3,(H,30,31)/t19-,26+,27?/m1/s1. The van der Waals surface area contributed by atoms with E-state index in [4.69, 9.17) is 21.1 Å². The molecule has 3 atom stereocenters. The summed E-state index contributed by atoms with van der Waals surface area (Å²) < 4.78 is 11.5. The summed E-state index contributed by atoms with van der Waals surface area (Å²) in [5, 5.41) is 10.4. The summed E-state index contributed by atoms with van der Waals surface area (Å²) in [6.45, 7) is 3.81. The summed E-state index contributed by atoms with van der Waals surface area (Å²) in [7, 11) is 1.44. The number of carboxylic acid groups (broad SMARTS) is 1. The lowest BCUT2D eigenvalue weighted by Crippen LogP contribution is -2.53. The minimum absolute atomic E-state index is 0.115. The smallest absolute Gasteiger partial charge is 0.335 e. The zero-order chi connectivity index (χ0) is 24.1. The number of rotatable bonds is 4. The Balaban J connectivity index is 1.56. The minimum Gasteiger partial charge on any atom is -0.490 e. The van der Waals surface area contributed by atoms with Gasteiger partial charge in [0.15, 0.2) is 0 Å². The first-order valence-electron chi connectivity index (χ1n) is 11.9. The van der Waals surface area contributed by atoms with Crippen LogP contribution in [0.5, 0.6) is 5.75 Å². The van der Waals surface area contributed by atoms with Crippen molar-refractivity contribution in [3.8, 4) is 5.75 Å². The number of halogens is 1. The molecule has 1 N–H and O–H groups in total. The van der Waals surface area contributed by atoms with E-state index in [1.165, 1.54) is 18.2 Å². The molecule has 0 saturated heterocycles. The first-order valence-corrected chi connectivity index (χ1v) is 12.3. The van der Waals surface area contributed by atoms with Crippen molar-refractivity contribution in [1.29, 1.82) is 0 Å². The number of fused-ring (bicyclic) bond motifs is 3. The molecule has 1 fully saturated rings. The largest absolute Gasteiger partial charge is 0.490 e. The van der Waals surface area contributed by atoms with E-state index in [1.54, 1.807) is 18.2 Å². The van der Waals surface area contributed by atoms with Crippen LogP contribution in [0.1, 0.15) is 54.1 Å². The molecule has 1 unspecified atom stereocenters. The normalized spacial score (nSPS) is 27.6. The van der Waals surface area contributed by atoms with Crippen molar-refractivity contribution in [2.75, 3.05) is 31.7 Å². The van der Waals surface area contributed by atoms with Crippen LogP contribution in [-0.2, 0) is 21.4 Å². The van der Waals surface area contributed by atoms with E-state index in [2.05, 4.69) is 17.0 Å². The first kappa shape index (κ1) is 23.0.